The van der Waals surface area contributed by atoms with Gasteiger partial charge in [-0.1, -0.05) is 0 Å². The van der Waals surface area contributed by atoms with Gasteiger partial charge in [-0.15, -0.1) is 0 Å². The Labute approximate surface area is 142 Å². The van der Waals surface area contributed by atoms with Crippen LogP contribution in [0.2, 0.25) is 0 Å². The first-order valence-electron chi connectivity index (χ1n) is 7.06. The molecule has 116 valence electrons. The van der Waals surface area contributed by atoms with Crippen LogP contribution in [0.3, 0.4) is 0 Å². The van der Waals surface area contributed by atoms with Gasteiger partial charge in [0.1, 0.15) is 17.7 Å². The zero-order chi connectivity index (χ0) is 15.5. The smallest absolute Gasteiger partial charge is 0.221 e. The highest BCUT2D eigenvalue weighted by Gasteiger charge is 2.19. The van der Waals surface area contributed by atoms with Gasteiger partial charge in [-0.05, 0) is 40.8 Å². The summed E-state index contributed by atoms with van der Waals surface area (Å²) >= 11 is 2.26. The summed E-state index contributed by atoms with van der Waals surface area (Å²) in [5.41, 5.74) is 13.2. The van der Waals surface area contributed by atoms with Crippen molar-refractivity contribution in [3.63, 3.8) is 0 Å². The number of nitrogens with two attached hydrogens (primary N) is 2. The molecule has 1 fully saturated rings. The Kier molecular flexibility index (Phi) is 4.63. The van der Waals surface area contributed by atoms with Crippen molar-refractivity contribution in [1.82, 2.24) is 9.97 Å². The molecule has 0 unspecified atom stereocenters. The van der Waals surface area contributed by atoms with Crippen molar-refractivity contribution in [3.8, 4) is 16.9 Å². The van der Waals surface area contributed by atoms with E-state index in [1.807, 2.05) is 18.2 Å². The first kappa shape index (κ1) is 15.3. The van der Waals surface area contributed by atoms with Crippen molar-refractivity contribution < 1.29 is 9.47 Å². The lowest BCUT2D eigenvalue weighted by atomic mass is 10.1. The third kappa shape index (κ3) is 3.41. The standard InChI is InChI=1S/C15H17IN4O2/c16-9-1-2-13(22-10-3-5-21-6-4-10)11(7-9)12-8-19-15(18)20-14(12)17/h1-2,7-8,10H,3-6H2,(H4,17,18,19,20). The van der Waals surface area contributed by atoms with Gasteiger partial charge in [-0.2, -0.15) is 4.98 Å². The normalized spacial score (nSPS) is 15.7. The Balaban J connectivity index is 1.96. The molecule has 1 aliphatic rings. The quantitative estimate of drug-likeness (QED) is 0.753. The topological polar surface area (TPSA) is 96.3 Å². The molecule has 1 aromatic carbocycles. The molecule has 0 radical (unpaired) electrons. The van der Waals surface area contributed by atoms with Gasteiger partial charge in [0.25, 0.3) is 0 Å². The molecular formula is C15H17IN4O2. The van der Waals surface area contributed by atoms with E-state index in [4.69, 9.17) is 20.9 Å². The number of aromatic nitrogens is 2. The van der Waals surface area contributed by atoms with Gasteiger partial charge in [-0.3, -0.25) is 0 Å². The average Bonchev–Trinajstić information content (AvgIpc) is 2.50. The van der Waals surface area contributed by atoms with E-state index in [0.29, 0.717) is 5.82 Å². The Morgan fingerprint density at radius 3 is 2.68 bits per heavy atom. The molecule has 6 nitrogen and oxygen atoms in total. The summed E-state index contributed by atoms with van der Waals surface area (Å²) in [6.07, 6.45) is 3.57. The van der Waals surface area contributed by atoms with Crippen LogP contribution in [0, 0.1) is 3.57 Å². The average molecular weight is 412 g/mol. The van der Waals surface area contributed by atoms with Crippen LogP contribution in [0.1, 0.15) is 12.8 Å². The SMILES string of the molecule is Nc1ncc(-c2cc(I)ccc2OC2CCOCC2)c(N)n1. The Hall–Kier alpha value is -1.61. The van der Waals surface area contributed by atoms with Gasteiger partial charge in [0.2, 0.25) is 5.95 Å². The predicted octanol–water partition coefficient (Wildman–Crippen LogP) is 2.47. The zero-order valence-electron chi connectivity index (χ0n) is 12.0. The Morgan fingerprint density at radius 2 is 1.95 bits per heavy atom. The third-order valence-corrected chi connectivity index (χ3v) is 4.20. The second-order valence-electron chi connectivity index (χ2n) is 5.10. The summed E-state index contributed by atoms with van der Waals surface area (Å²) in [5.74, 6) is 1.30. The molecule has 2 heterocycles. The maximum absolute atomic E-state index is 6.16. The summed E-state index contributed by atoms with van der Waals surface area (Å²) in [7, 11) is 0. The molecular weight excluding hydrogens is 395 g/mol. The minimum Gasteiger partial charge on any atom is -0.490 e. The van der Waals surface area contributed by atoms with Crippen LogP contribution < -0.4 is 16.2 Å². The molecule has 0 aliphatic carbocycles. The minimum absolute atomic E-state index is 0.156. The van der Waals surface area contributed by atoms with Crippen LogP contribution in [0.25, 0.3) is 11.1 Å². The molecule has 0 spiro atoms. The maximum atomic E-state index is 6.16. The second-order valence-corrected chi connectivity index (χ2v) is 6.34. The Morgan fingerprint density at radius 1 is 1.18 bits per heavy atom. The van der Waals surface area contributed by atoms with Crippen molar-refractivity contribution in [2.45, 2.75) is 18.9 Å². The molecule has 1 aromatic heterocycles. The fourth-order valence-electron chi connectivity index (χ4n) is 2.41. The zero-order valence-corrected chi connectivity index (χ0v) is 14.1. The fraction of sp³-hybridized carbons (Fsp3) is 0.333. The van der Waals surface area contributed by atoms with Crippen LogP contribution in [-0.2, 0) is 4.74 Å². The van der Waals surface area contributed by atoms with Crippen molar-refractivity contribution in [2.24, 2.45) is 0 Å². The van der Waals surface area contributed by atoms with Gasteiger partial charge in [0, 0.05) is 33.7 Å². The number of hydrogen-bond acceptors (Lipinski definition) is 6. The van der Waals surface area contributed by atoms with Crippen molar-refractivity contribution in [2.75, 3.05) is 24.7 Å². The summed E-state index contributed by atoms with van der Waals surface area (Å²) in [5, 5.41) is 0. The van der Waals surface area contributed by atoms with Gasteiger partial charge < -0.3 is 20.9 Å². The Bertz CT molecular complexity index is 675. The first-order chi connectivity index (χ1) is 10.6. The molecule has 1 aliphatic heterocycles. The van der Waals surface area contributed by atoms with Crippen LogP contribution in [-0.4, -0.2) is 29.3 Å². The van der Waals surface area contributed by atoms with Crippen molar-refractivity contribution in [3.05, 3.63) is 28.0 Å². The highest BCUT2D eigenvalue weighted by atomic mass is 127. The van der Waals surface area contributed by atoms with Crippen LogP contribution in [0.15, 0.2) is 24.4 Å². The molecule has 0 atom stereocenters. The lowest BCUT2D eigenvalue weighted by Crippen LogP contribution is -2.26. The van der Waals surface area contributed by atoms with Gasteiger partial charge in [0.15, 0.2) is 0 Å². The molecule has 0 bridgehead atoms. The molecule has 3 rings (SSSR count). The summed E-state index contributed by atoms with van der Waals surface area (Å²) in [6.45, 7) is 1.47. The largest absolute Gasteiger partial charge is 0.490 e. The second kappa shape index (κ2) is 6.66. The minimum atomic E-state index is 0.156. The van der Waals surface area contributed by atoms with Crippen molar-refractivity contribution in [1.29, 1.82) is 0 Å². The van der Waals surface area contributed by atoms with E-state index >= 15 is 0 Å². The number of anilines is 2. The molecule has 2 aromatic rings. The van der Waals surface area contributed by atoms with E-state index < -0.39 is 0 Å². The van der Waals surface area contributed by atoms with Gasteiger partial charge in [0.05, 0.1) is 13.2 Å². The molecule has 1 saturated heterocycles. The number of nitrogen functional groups attached to an aromatic ring is 2. The van der Waals surface area contributed by atoms with E-state index in [9.17, 15) is 0 Å². The fourth-order valence-corrected chi connectivity index (χ4v) is 2.90. The summed E-state index contributed by atoms with van der Waals surface area (Å²) < 4.78 is 12.6. The van der Waals surface area contributed by atoms with Gasteiger partial charge >= 0.3 is 0 Å². The summed E-state index contributed by atoms with van der Waals surface area (Å²) in [4.78, 5) is 8.08. The predicted molar refractivity (Wildman–Crippen MR) is 93.5 cm³/mol. The van der Waals surface area contributed by atoms with Crippen molar-refractivity contribution >= 4 is 34.4 Å². The number of benzene rings is 1. The highest BCUT2D eigenvalue weighted by molar-refractivity contribution is 14.1. The molecule has 7 heteroatoms. The lowest BCUT2D eigenvalue weighted by Gasteiger charge is -2.24. The summed E-state index contributed by atoms with van der Waals surface area (Å²) in [6, 6.07) is 5.98. The van der Waals surface area contributed by atoms with Crippen LogP contribution in [0.5, 0.6) is 5.75 Å². The highest BCUT2D eigenvalue weighted by Crippen LogP contribution is 2.35. The number of hydrogen-bond donors (Lipinski definition) is 2. The number of nitrogens with zero attached hydrogens (tertiary/aromatic N) is 2. The third-order valence-electron chi connectivity index (χ3n) is 3.53. The maximum Gasteiger partial charge on any atom is 0.221 e. The molecule has 0 saturated carbocycles. The van der Waals surface area contributed by atoms with E-state index in [-0.39, 0.29) is 12.1 Å². The molecule has 22 heavy (non-hydrogen) atoms. The van der Waals surface area contributed by atoms with E-state index in [1.165, 1.54) is 0 Å². The van der Waals surface area contributed by atoms with E-state index in [0.717, 1.165) is 46.5 Å². The number of halogens is 1. The van der Waals surface area contributed by atoms with E-state index in [1.54, 1.807) is 6.20 Å². The molecule has 0 amide bonds. The number of rotatable bonds is 3. The van der Waals surface area contributed by atoms with Crippen LogP contribution in [0.4, 0.5) is 11.8 Å². The monoisotopic (exact) mass is 412 g/mol. The first-order valence-corrected chi connectivity index (χ1v) is 8.13. The van der Waals surface area contributed by atoms with Crippen LogP contribution >= 0.6 is 22.6 Å². The molecule has 4 N–H and O–H groups in total. The lowest BCUT2D eigenvalue weighted by molar-refractivity contribution is 0.0258. The van der Waals surface area contributed by atoms with Gasteiger partial charge in [-0.25, -0.2) is 4.98 Å². The number of ether oxygens (including phenoxy) is 2. The van der Waals surface area contributed by atoms with E-state index in [2.05, 4.69) is 32.6 Å².